The summed E-state index contributed by atoms with van der Waals surface area (Å²) in [5, 5.41) is 11.1. The Bertz CT molecular complexity index is 720. The van der Waals surface area contributed by atoms with E-state index in [1.54, 1.807) is 41.7 Å². The maximum Gasteiger partial charge on any atom is 0.258 e. The number of carbonyl (C=O) groups is 1. The van der Waals surface area contributed by atoms with Gasteiger partial charge >= 0.3 is 0 Å². The van der Waals surface area contributed by atoms with Crippen molar-refractivity contribution < 1.29 is 9.32 Å². The Morgan fingerprint density at radius 3 is 2.75 bits per heavy atom. The third-order valence-electron chi connectivity index (χ3n) is 2.67. The number of hydrogen-bond donors (Lipinski definition) is 1. The highest BCUT2D eigenvalue weighted by molar-refractivity contribution is 7.08. The number of nitrogens with one attached hydrogen (secondary N) is 1. The number of carbonyl (C=O) groups excluding carboxylic acids is 1. The first-order chi connectivity index (χ1) is 9.72. The number of anilines is 1. The second-order valence-electron chi connectivity index (χ2n) is 4.05. The van der Waals surface area contributed by atoms with Gasteiger partial charge in [0.1, 0.15) is 5.69 Å². The second-order valence-corrected chi connectivity index (χ2v) is 5.27. The number of hydrogen-bond acceptors (Lipinski definition) is 4. The van der Waals surface area contributed by atoms with E-state index in [1.165, 1.54) is 0 Å². The predicted molar refractivity (Wildman–Crippen MR) is 79.2 cm³/mol. The van der Waals surface area contributed by atoms with Gasteiger partial charge in [0.05, 0.1) is 0 Å². The molecule has 20 heavy (non-hydrogen) atoms. The molecule has 2 aromatic heterocycles. The van der Waals surface area contributed by atoms with Gasteiger partial charge in [0.15, 0.2) is 0 Å². The van der Waals surface area contributed by atoms with Crippen LogP contribution in [0.3, 0.4) is 0 Å². The fourth-order valence-corrected chi connectivity index (χ4v) is 2.44. The van der Waals surface area contributed by atoms with Gasteiger partial charge in [-0.15, -0.1) is 0 Å². The Morgan fingerprint density at radius 1 is 1.25 bits per heavy atom. The quantitative estimate of drug-likeness (QED) is 0.784. The normalized spacial score (nSPS) is 10.4. The van der Waals surface area contributed by atoms with Gasteiger partial charge in [-0.25, -0.2) is 0 Å². The zero-order valence-electron chi connectivity index (χ0n) is 10.2. The Kier molecular flexibility index (Phi) is 3.54. The molecule has 3 aromatic rings. The van der Waals surface area contributed by atoms with E-state index < -0.39 is 0 Å². The minimum atomic E-state index is -0.269. The molecule has 0 radical (unpaired) electrons. The predicted octanol–water partition coefficient (Wildman–Crippen LogP) is 4.31. The number of aromatic nitrogens is 1. The van der Waals surface area contributed by atoms with Crippen LogP contribution in [0.1, 0.15) is 10.4 Å². The molecular weight excluding hydrogens is 296 g/mol. The van der Waals surface area contributed by atoms with Crippen LogP contribution in [0.25, 0.3) is 11.3 Å². The molecule has 0 unspecified atom stereocenters. The van der Waals surface area contributed by atoms with Gasteiger partial charge in [-0.2, -0.15) is 11.3 Å². The Morgan fingerprint density at radius 2 is 2.05 bits per heavy atom. The lowest BCUT2D eigenvalue weighted by Crippen LogP contribution is -2.10. The minimum Gasteiger partial charge on any atom is -0.338 e. The second kappa shape index (κ2) is 5.48. The Labute approximate surface area is 124 Å². The van der Waals surface area contributed by atoms with Crippen molar-refractivity contribution in [3.05, 3.63) is 57.7 Å². The van der Waals surface area contributed by atoms with E-state index in [0.717, 1.165) is 5.56 Å². The third kappa shape index (κ3) is 2.74. The molecule has 1 N–H and O–H groups in total. The average molecular weight is 305 g/mol. The van der Waals surface area contributed by atoms with Crippen molar-refractivity contribution in [3.63, 3.8) is 0 Å². The summed E-state index contributed by atoms with van der Waals surface area (Å²) < 4.78 is 5.10. The van der Waals surface area contributed by atoms with Crippen LogP contribution in [0.15, 0.2) is 51.7 Å². The molecule has 0 aliphatic rings. The molecule has 2 heterocycles. The first kappa shape index (κ1) is 12.9. The lowest BCUT2D eigenvalue weighted by atomic mass is 10.2. The summed E-state index contributed by atoms with van der Waals surface area (Å²) in [5.41, 5.74) is 2.16. The molecule has 6 heteroatoms. The summed E-state index contributed by atoms with van der Waals surface area (Å²) >= 11 is 7.35. The van der Waals surface area contributed by atoms with Crippen LogP contribution in [0.2, 0.25) is 5.02 Å². The molecule has 100 valence electrons. The monoisotopic (exact) mass is 304 g/mol. The van der Waals surface area contributed by atoms with Crippen LogP contribution < -0.4 is 5.32 Å². The van der Waals surface area contributed by atoms with Crippen molar-refractivity contribution in [2.24, 2.45) is 0 Å². The van der Waals surface area contributed by atoms with E-state index in [9.17, 15) is 4.79 Å². The van der Waals surface area contributed by atoms with Crippen molar-refractivity contribution in [3.8, 4) is 11.3 Å². The SMILES string of the molecule is O=C(Nc1cc(-c2ccsc2)no1)c1ccc(Cl)cc1. The van der Waals surface area contributed by atoms with Gasteiger partial charge in [0.25, 0.3) is 5.91 Å². The fraction of sp³-hybridized carbons (Fsp3) is 0. The zero-order chi connectivity index (χ0) is 13.9. The summed E-state index contributed by atoms with van der Waals surface area (Å²) in [6.07, 6.45) is 0. The molecule has 1 amide bonds. The van der Waals surface area contributed by atoms with Crippen LogP contribution in [-0.2, 0) is 0 Å². The van der Waals surface area contributed by atoms with Crippen LogP contribution in [0.4, 0.5) is 5.88 Å². The molecule has 3 rings (SSSR count). The van der Waals surface area contributed by atoms with Crippen LogP contribution in [-0.4, -0.2) is 11.1 Å². The van der Waals surface area contributed by atoms with E-state index in [4.69, 9.17) is 16.1 Å². The maximum absolute atomic E-state index is 12.0. The first-order valence-corrected chi connectivity index (χ1v) is 7.10. The lowest BCUT2D eigenvalue weighted by molar-refractivity contribution is 0.102. The zero-order valence-corrected chi connectivity index (χ0v) is 11.7. The number of benzene rings is 1. The maximum atomic E-state index is 12.0. The first-order valence-electron chi connectivity index (χ1n) is 5.78. The van der Waals surface area contributed by atoms with E-state index in [2.05, 4.69) is 10.5 Å². The van der Waals surface area contributed by atoms with Crippen molar-refractivity contribution in [2.75, 3.05) is 5.32 Å². The van der Waals surface area contributed by atoms with Crippen LogP contribution in [0, 0.1) is 0 Å². The molecule has 0 saturated heterocycles. The van der Waals surface area contributed by atoms with E-state index >= 15 is 0 Å². The molecule has 0 aliphatic heterocycles. The topological polar surface area (TPSA) is 55.1 Å². The number of halogens is 1. The third-order valence-corrected chi connectivity index (χ3v) is 3.61. The van der Waals surface area contributed by atoms with Crippen molar-refractivity contribution in [1.29, 1.82) is 0 Å². The van der Waals surface area contributed by atoms with E-state index in [-0.39, 0.29) is 5.91 Å². The van der Waals surface area contributed by atoms with Gasteiger partial charge in [-0.3, -0.25) is 10.1 Å². The van der Waals surface area contributed by atoms with Crippen molar-refractivity contribution >= 4 is 34.7 Å². The van der Waals surface area contributed by atoms with Crippen LogP contribution in [0.5, 0.6) is 0 Å². The molecule has 0 saturated carbocycles. The molecule has 0 atom stereocenters. The van der Waals surface area contributed by atoms with Gasteiger partial charge in [-0.1, -0.05) is 16.8 Å². The average Bonchev–Trinajstić information content (AvgIpc) is 3.09. The largest absolute Gasteiger partial charge is 0.338 e. The molecule has 1 aromatic carbocycles. The molecular formula is C14H9ClN2O2S. The summed E-state index contributed by atoms with van der Waals surface area (Å²) in [7, 11) is 0. The summed E-state index contributed by atoms with van der Waals surface area (Å²) in [6.45, 7) is 0. The smallest absolute Gasteiger partial charge is 0.258 e. The van der Waals surface area contributed by atoms with E-state index in [0.29, 0.717) is 22.2 Å². The summed E-state index contributed by atoms with van der Waals surface area (Å²) in [4.78, 5) is 12.0. The number of thiophene rings is 1. The molecule has 4 nitrogen and oxygen atoms in total. The standard InChI is InChI=1S/C14H9ClN2O2S/c15-11-3-1-9(2-4-11)14(18)16-13-7-12(17-19-13)10-5-6-20-8-10/h1-8H,(H,16,18). The highest BCUT2D eigenvalue weighted by Crippen LogP contribution is 2.24. The van der Waals surface area contributed by atoms with Gasteiger partial charge in [0, 0.05) is 27.6 Å². The van der Waals surface area contributed by atoms with Crippen molar-refractivity contribution in [1.82, 2.24) is 5.16 Å². The molecule has 0 bridgehead atoms. The number of nitrogens with zero attached hydrogens (tertiary/aromatic N) is 1. The van der Waals surface area contributed by atoms with Gasteiger partial charge in [-0.05, 0) is 35.7 Å². The number of rotatable bonds is 3. The lowest BCUT2D eigenvalue weighted by Gasteiger charge is -2.00. The Hall–Kier alpha value is -2.11. The van der Waals surface area contributed by atoms with Crippen molar-refractivity contribution in [2.45, 2.75) is 0 Å². The van der Waals surface area contributed by atoms with Gasteiger partial charge < -0.3 is 4.52 Å². The van der Waals surface area contributed by atoms with Crippen LogP contribution >= 0.6 is 22.9 Å². The summed E-state index contributed by atoms with van der Waals surface area (Å²) in [5.74, 6) is 0.0424. The minimum absolute atomic E-state index is 0.269. The number of amides is 1. The summed E-state index contributed by atoms with van der Waals surface area (Å²) in [6, 6.07) is 10.2. The Balaban J connectivity index is 1.75. The fourth-order valence-electron chi connectivity index (χ4n) is 1.67. The highest BCUT2D eigenvalue weighted by Gasteiger charge is 2.11. The van der Waals surface area contributed by atoms with Gasteiger partial charge in [0.2, 0.25) is 5.88 Å². The molecule has 0 spiro atoms. The van der Waals surface area contributed by atoms with E-state index in [1.807, 2.05) is 16.8 Å². The molecule has 0 aliphatic carbocycles. The highest BCUT2D eigenvalue weighted by atomic mass is 35.5. The molecule has 0 fully saturated rings.